The van der Waals surface area contributed by atoms with Crippen molar-refractivity contribution in [2.45, 2.75) is 71.8 Å². The van der Waals surface area contributed by atoms with E-state index in [1.54, 1.807) is 0 Å². The second-order valence-electron chi connectivity index (χ2n) is 8.52. The van der Waals surface area contributed by atoms with Crippen LogP contribution in [0.4, 0.5) is 0 Å². The van der Waals surface area contributed by atoms with Crippen LogP contribution in [0, 0.1) is 0 Å². The van der Waals surface area contributed by atoms with E-state index in [0.29, 0.717) is 18.2 Å². The second kappa shape index (κ2) is 7.24. The second-order valence-corrected chi connectivity index (χ2v) is 8.52. The Hall–Kier alpha value is -1.52. The molecule has 0 radical (unpaired) electrons. The molecule has 1 aromatic carbocycles. The van der Waals surface area contributed by atoms with Crippen molar-refractivity contribution in [2.75, 3.05) is 19.6 Å². The normalized spacial score (nSPS) is 20.2. The van der Waals surface area contributed by atoms with Gasteiger partial charge in [-0.3, -0.25) is 4.90 Å². The first-order valence-corrected chi connectivity index (χ1v) is 10.3. The van der Waals surface area contributed by atoms with Crippen molar-refractivity contribution in [3.05, 3.63) is 30.0 Å². The number of ether oxygens (including phenoxy) is 1. The van der Waals surface area contributed by atoms with Crippen LogP contribution in [0.15, 0.2) is 24.3 Å². The van der Waals surface area contributed by atoms with Crippen LogP contribution in [-0.2, 0) is 13.1 Å². The molecule has 3 heterocycles. The fourth-order valence-corrected chi connectivity index (χ4v) is 4.43. The first-order chi connectivity index (χ1) is 12.5. The Bertz CT molecular complexity index is 756. The van der Waals surface area contributed by atoms with Gasteiger partial charge in [0.05, 0.1) is 0 Å². The molecule has 0 atom stereocenters. The van der Waals surface area contributed by atoms with Crippen LogP contribution >= 0.6 is 0 Å². The molecular formula is C22H33N3O. The van der Waals surface area contributed by atoms with Gasteiger partial charge >= 0.3 is 0 Å². The molecule has 0 aliphatic carbocycles. The standard InChI is InChI=1S/C22H33N3O/c1-16(2)23-9-7-20(8-10-23)26-21-5-6-22-18(14-21)13-19-15-24(17(3)4)11-12-25(19)22/h5-6,13-14,16-17,20H,7-12,15H2,1-4H3. The average Bonchev–Trinajstić information content (AvgIpc) is 2.98. The van der Waals surface area contributed by atoms with E-state index in [4.69, 9.17) is 4.74 Å². The molecular weight excluding hydrogens is 322 g/mol. The molecule has 2 aliphatic heterocycles. The van der Waals surface area contributed by atoms with E-state index < -0.39 is 0 Å². The maximum absolute atomic E-state index is 6.34. The topological polar surface area (TPSA) is 20.6 Å². The molecule has 26 heavy (non-hydrogen) atoms. The van der Waals surface area contributed by atoms with Gasteiger partial charge in [-0.1, -0.05) is 0 Å². The Balaban J connectivity index is 1.47. The van der Waals surface area contributed by atoms with Crippen molar-refractivity contribution < 1.29 is 4.74 Å². The van der Waals surface area contributed by atoms with Crippen LogP contribution in [-0.4, -0.2) is 52.2 Å². The fourth-order valence-electron chi connectivity index (χ4n) is 4.43. The summed E-state index contributed by atoms with van der Waals surface area (Å²) in [6.07, 6.45) is 2.62. The zero-order chi connectivity index (χ0) is 18.3. The molecule has 4 rings (SSSR count). The molecule has 0 saturated carbocycles. The quantitative estimate of drug-likeness (QED) is 0.823. The molecule has 2 aromatic rings. The molecule has 2 aliphatic rings. The number of aromatic nitrogens is 1. The van der Waals surface area contributed by atoms with E-state index in [2.05, 4.69) is 66.3 Å². The Labute approximate surface area is 157 Å². The summed E-state index contributed by atoms with van der Waals surface area (Å²) in [6, 6.07) is 10.3. The molecule has 1 saturated heterocycles. The first kappa shape index (κ1) is 17.9. The minimum Gasteiger partial charge on any atom is -0.490 e. The smallest absolute Gasteiger partial charge is 0.120 e. The fraction of sp³-hybridized carbons (Fsp3) is 0.636. The Morgan fingerprint density at radius 3 is 2.31 bits per heavy atom. The third kappa shape index (κ3) is 3.49. The van der Waals surface area contributed by atoms with Crippen LogP contribution in [0.3, 0.4) is 0 Å². The number of hydrogen-bond donors (Lipinski definition) is 0. The van der Waals surface area contributed by atoms with Crippen molar-refractivity contribution in [3.8, 4) is 5.75 Å². The Morgan fingerprint density at radius 1 is 0.885 bits per heavy atom. The monoisotopic (exact) mass is 355 g/mol. The number of fused-ring (bicyclic) bond motifs is 3. The van der Waals surface area contributed by atoms with Gasteiger partial charge in [0.15, 0.2) is 0 Å². The third-order valence-electron chi connectivity index (χ3n) is 6.17. The zero-order valence-electron chi connectivity index (χ0n) is 16.7. The molecule has 0 amide bonds. The summed E-state index contributed by atoms with van der Waals surface area (Å²) < 4.78 is 8.82. The van der Waals surface area contributed by atoms with Crippen LogP contribution in [0.2, 0.25) is 0 Å². The molecule has 1 fully saturated rings. The summed E-state index contributed by atoms with van der Waals surface area (Å²) in [7, 11) is 0. The number of piperidine rings is 1. The zero-order valence-corrected chi connectivity index (χ0v) is 16.7. The molecule has 0 N–H and O–H groups in total. The summed E-state index contributed by atoms with van der Waals surface area (Å²) >= 11 is 0. The van der Waals surface area contributed by atoms with Crippen molar-refractivity contribution in [1.29, 1.82) is 0 Å². The molecule has 1 aromatic heterocycles. The average molecular weight is 356 g/mol. The SMILES string of the molecule is CC(C)N1CCC(Oc2ccc3c(c2)cc2n3CCN(C(C)C)C2)CC1. The van der Waals surface area contributed by atoms with E-state index in [1.165, 1.54) is 16.6 Å². The van der Waals surface area contributed by atoms with Crippen molar-refractivity contribution in [2.24, 2.45) is 0 Å². The largest absolute Gasteiger partial charge is 0.490 e. The van der Waals surface area contributed by atoms with E-state index in [-0.39, 0.29) is 0 Å². The van der Waals surface area contributed by atoms with Gasteiger partial charge < -0.3 is 14.2 Å². The molecule has 4 nitrogen and oxygen atoms in total. The highest BCUT2D eigenvalue weighted by Gasteiger charge is 2.23. The minimum atomic E-state index is 0.358. The van der Waals surface area contributed by atoms with Gasteiger partial charge in [0.25, 0.3) is 0 Å². The summed E-state index contributed by atoms with van der Waals surface area (Å²) in [4.78, 5) is 5.10. The summed E-state index contributed by atoms with van der Waals surface area (Å²) in [6.45, 7) is 14.7. The van der Waals surface area contributed by atoms with E-state index in [0.717, 1.165) is 51.3 Å². The first-order valence-electron chi connectivity index (χ1n) is 10.3. The maximum atomic E-state index is 6.34. The van der Waals surface area contributed by atoms with Gasteiger partial charge in [-0.05, 0) is 64.8 Å². The summed E-state index contributed by atoms with van der Waals surface area (Å²) in [5.74, 6) is 1.03. The summed E-state index contributed by atoms with van der Waals surface area (Å²) in [5, 5.41) is 1.32. The molecule has 0 unspecified atom stereocenters. The van der Waals surface area contributed by atoms with Crippen molar-refractivity contribution in [1.82, 2.24) is 14.4 Å². The lowest BCUT2D eigenvalue weighted by atomic mass is 10.1. The third-order valence-corrected chi connectivity index (χ3v) is 6.17. The number of rotatable bonds is 4. The van der Waals surface area contributed by atoms with Crippen molar-refractivity contribution >= 4 is 10.9 Å². The van der Waals surface area contributed by atoms with Crippen LogP contribution < -0.4 is 4.74 Å². The highest BCUT2D eigenvalue weighted by Crippen LogP contribution is 2.29. The van der Waals surface area contributed by atoms with Gasteiger partial charge in [-0.2, -0.15) is 0 Å². The van der Waals surface area contributed by atoms with Gasteiger partial charge in [-0.15, -0.1) is 0 Å². The Kier molecular flexibility index (Phi) is 4.98. The number of hydrogen-bond acceptors (Lipinski definition) is 3. The van der Waals surface area contributed by atoms with Gasteiger partial charge in [-0.25, -0.2) is 0 Å². The molecule has 0 bridgehead atoms. The van der Waals surface area contributed by atoms with Crippen LogP contribution in [0.1, 0.15) is 46.2 Å². The number of nitrogens with zero attached hydrogens (tertiary/aromatic N) is 3. The van der Waals surface area contributed by atoms with E-state index in [1.807, 2.05) is 0 Å². The van der Waals surface area contributed by atoms with Crippen LogP contribution in [0.5, 0.6) is 5.75 Å². The van der Waals surface area contributed by atoms with Crippen molar-refractivity contribution in [3.63, 3.8) is 0 Å². The molecule has 4 heteroatoms. The van der Waals surface area contributed by atoms with E-state index >= 15 is 0 Å². The van der Waals surface area contributed by atoms with E-state index in [9.17, 15) is 0 Å². The van der Waals surface area contributed by atoms with Gasteiger partial charge in [0, 0.05) is 61.4 Å². The minimum absolute atomic E-state index is 0.358. The number of likely N-dealkylation sites (tertiary alicyclic amines) is 1. The lowest BCUT2D eigenvalue weighted by molar-refractivity contribution is 0.0844. The predicted molar refractivity (Wildman–Crippen MR) is 108 cm³/mol. The van der Waals surface area contributed by atoms with Gasteiger partial charge in [0.1, 0.15) is 11.9 Å². The van der Waals surface area contributed by atoms with Gasteiger partial charge in [0.2, 0.25) is 0 Å². The lowest BCUT2D eigenvalue weighted by Crippen LogP contribution is -2.41. The molecule has 0 spiro atoms. The summed E-state index contributed by atoms with van der Waals surface area (Å²) in [5.41, 5.74) is 2.78. The maximum Gasteiger partial charge on any atom is 0.120 e. The molecule has 142 valence electrons. The van der Waals surface area contributed by atoms with Crippen LogP contribution in [0.25, 0.3) is 10.9 Å². The Morgan fingerprint density at radius 2 is 1.62 bits per heavy atom. The highest BCUT2D eigenvalue weighted by molar-refractivity contribution is 5.83. The number of benzene rings is 1. The lowest BCUT2D eigenvalue weighted by Gasteiger charge is -2.34. The highest BCUT2D eigenvalue weighted by atomic mass is 16.5. The predicted octanol–water partition coefficient (Wildman–Crippen LogP) is 4.12.